The van der Waals surface area contributed by atoms with Gasteiger partial charge in [0.15, 0.2) is 5.96 Å². The predicted octanol–water partition coefficient (Wildman–Crippen LogP) is 1.36. The van der Waals surface area contributed by atoms with E-state index < -0.39 is 0 Å². The molecule has 1 unspecified atom stereocenters. The monoisotopic (exact) mass is 435 g/mol. The Balaban J connectivity index is 0.00000264. The number of hydrogen-bond acceptors (Lipinski definition) is 4. The summed E-state index contributed by atoms with van der Waals surface area (Å²) in [5.41, 5.74) is 0. The first-order valence-electron chi connectivity index (χ1n) is 8.22. The van der Waals surface area contributed by atoms with Gasteiger partial charge in [0.05, 0.1) is 6.54 Å². The van der Waals surface area contributed by atoms with Gasteiger partial charge in [-0.1, -0.05) is 6.42 Å². The van der Waals surface area contributed by atoms with E-state index in [0.29, 0.717) is 6.54 Å². The number of nitrogens with one attached hydrogen (secondary N) is 2. The molecule has 2 heterocycles. The second-order valence-corrected chi connectivity index (χ2v) is 5.89. The first-order valence-corrected chi connectivity index (χ1v) is 8.22. The van der Waals surface area contributed by atoms with Crippen LogP contribution >= 0.6 is 24.0 Å². The fourth-order valence-corrected chi connectivity index (χ4v) is 2.84. The van der Waals surface area contributed by atoms with Crippen molar-refractivity contribution in [1.82, 2.24) is 30.3 Å². The van der Waals surface area contributed by atoms with E-state index in [0.717, 1.165) is 37.3 Å². The maximum absolute atomic E-state index is 4.24. The standard InChI is InChI=1S/C15H29N7.HI/c1-13-7-4-5-9-22(13)10-6-8-17-15(16-2)18-11-14-19-12-20-21(14)3;/h12-13H,4-11H2,1-3H3,(H2,16,17,18);1H. The molecule has 1 atom stereocenters. The van der Waals surface area contributed by atoms with Crippen molar-refractivity contribution >= 4 is 29.9 Å². The molecule has 1 aromatic heterocycles. The lowest BCUT2D eigenvalue weighted by atomic mass is 10.0. The predicted molar refractivity (Wildman–Crippen MR) is 104 cm³/mol. The Labute approximate surface area is 156 Å². The summed E-state index contributed by atoms with van der Waals surface area (Å²) in [7, 11) is 3.68. The first-order chi connectivity index (χ1) is 10.7. The molecule has 0 aliphatic carbocycles. The molecule has 0 bridgehead atoms. The van der Waals surface area contributed by atoms with Gasteiger partial charge < -0.3 is 15.5 Å². The second-order valence-electron chi connectivity index (χ2n) is 5.89. The Morgan fingerprint density at radius 2 is 2.22 bits per heavy atom. The van der Waals surface area contributed by atoms with E-state index in [-0.39, 0.29) is 24.0 Å². The van der Waals surface area contributed by atoms with Gasteiger partial charge in [0.25, 0.3) is 0 Å². The molecule has 0 aromatic carbocycles. The summed E-state index contributed by atoms with van der Waals surface area (Å²) in [4.78, 5) is 11.0. The molecule has 132 valence electrons. The minimum atomic E-state index is 0. The molecule has 1 aliphatic heterocycles. The quantitative estimate of drug-likeness (QED) is 0.306. The molecule has 0 spiro atoms. The van der Waals surface area contributed by atoms with Crippen molar-refractivity contribution in [2.75, 3.05) is 26.7 Å². The van der Waals surface area contributed by atoms with E-state index >= 15 is 0 Å². The number of aliphatic imine (C=N–C) groups is 1. The lowest BCUT2D eigenvalue weighted by molar-refractivity contribution is 0.159. The van der Waals surface area contributed by atoms with Gasteiger partial charge in [-0.25, -0.2) is 4.98 Å². The maximum atomic E-state index is 4.24. The number of aromatic nitrogens is 3. The van der Waals surface area contributed by atoms with E-state index in [1.807, 2.05) is 7.05 Å². The average Bonchev–Trinajstić information content (AvgIpc) is 2.93. The molecule has 8 heteroatoms. The molecule has 1 fully saturated rings. The number of likely N-dealkylation sites (tertiary alicyclic amines) is 1. The van der Waals surface area contributed by atoms with E-state index in [4.69, 9.17) is 0 Å². The fourth-order valence-electron chi connectivity index (χ4n) is 2.84. The van der Waals surface area contributed by atoms with Crippen LogP contribution in [0.3, 0.4) is 0 Å². The zero-order valence-electron chi connectivity index (χ0n) is 14.5. The first kappa shape index (κ1) is 20.1. The van der Waals surface area contributed by atoms with Gasteiger partial charge in [-0.3, -0.25) is 9.67 Å². The van der Waals surface area contributed by atoms with Crippen molar-refractivity contribution in [1.29, 1.82) is 0 Å². The molecular weight excluding hydrogens is 405 g/mol. The normalized spacial score (nSPS) is 19.3. The molecule has 7 nitrogen and oxygen atoms in total. The van der Waals surface area contributed by atoms with Crippen LogP contribution in [-0.2, 0) is 13.6 Å². The minimum absolute atomic E-state index is 0. The summed E-state index contributed by atoms with van der Waals surface area (Å²) in [6, 6.07) is 0.738. The number of nitrogens with zero attached hydrogens (tertiary/aromatic N) is 5. The van der Waals surface area contributed by atoms with Crippen molar-refractivity contribution in [2.45, 2.75) is 45.2 Å². The van der Waals surface area contributed by atoms with E-state index in [1.54, 1.807) is 18.1 Å². The van der Waals surface area contributed by atoms with Crippen molar-refractivity contribution in [2.24, 2.45) is 12.0 Å². The molecule has 2 rings (SSSR count). The van der Waals surface area contributed by atoms with E-state index in [2.05, 4.69) is 37.5 Å². The topological polar surface area (TPSA) is 70.4 Å². The third kappa shape index (κ3) is 6.62. The Hall–Kier alpha value is -0.900. The summed E-state index contributed by atoms with van der Waals surface area (Å²) in [6.07, 6.45) is 6.77. The summed E-state index contributed by atoms with van der Waals surface area (Å²) in [5, 5.41) is 10.7. The SMILES string of the molecule is CN=C(NCCCN1CCCCC1C)NCc1ncnn1C.I. The molecule has 0 radical (unpaired) electrons. The van der Waals surface area contributed by atoms with Crippen LogP contribution in [0.4, 0.5) is 0 Å². The molecule has 0 saturated carbocycles. The smallest absolute Gasteiger partial charge is 0.191 e. The third-order valence-corrected chi connectivity index (χ3v) is 4.30. The van der Waals surface area contributed by atoms with Crippen LogP contribution in [0.5, 0.6) is 0 Å². The highest BCUT2D eigenvalue weighted by atomic mass is 127. The van der Waals surface area contributed by atoms with Gasteiger partial charge in [-0.2, -0.15) is 5.10 Å². The fraction of sp³-hybridized carbons (Fsp3) is 0.800. The van der Waals surface area contributed by atoms with Crippen molar-refractivity contribution in [3.05, 3.63) is 12.2 Å². The van der Waals surface area contributed by atoms with Gasteiger partial charge in [-0.05, 0) is 32.7 Å². The van der Waals surface area contributed by atoms with E-state index in [1.165, 1.54) is 25.8 Å². The Bertz CT molecular complexity index is 474. The van der Waals surface area contributed by atoms with Crippen LogP contribution in [0, 0.1) is 0 Å². The van der Waals surface area contributed by atoms with Crippen molar-refractivity contribution < 1.29 is 0 Å². The number of piperidine rings is 1. The summed E-state index contributed by atoms with van der Waals surface area (Å²) in [5.74, 6) is 1.71. The van der Waals surface area contributed by atoms with Crippen LogP contribution in [0.25, 0.3) is 0 Å². The van der Waals surface area contributed by atoms with Gasteiger partial charge in [0.2, 0.25) is 0 Å². The van der Waals surface area contributed by atoms with Crippen molar-refractivity contribution in [3.8, 4) is 0 Å². The van der Waals surface area contributed by atoms with Crippen LogP contribution in [-0.4, -0.2) is 58.3 Å². The van der Waals surface area contributed by atoms with Gasteiger partial charge in [0.1, 0.15) is 12.2 Å². The molecule has 1 aromatic rings. The second kappa shape index (κ2) is 10.8. The molecule has 23 heavy (non-hydrogen) atoms. The highest BCUT2D eigenvalue weighted by Crippen LogP contribution is 2.15. The third-order valence-electron chi connectivity index (χ3n) is 4.30. The average molecular weight is 435 g/mol. The highest BCUT2D eigenvalue weighted by molar-refractivity contribution is 14.0. The zero-order chi connectivity index (χ0) is 15.8. The van der Waals surface area contributed by atoms with Crippen molar-refractivity contribution in [3.63, 3.8) is 0 Å². The number of hydrogen-bond donors (Lipinski definition) is 2. The van der Waals surface area contributed by atoms with Crippen LogP contribution in [0.15, 0.2) is 11.3 Å². The lowest BCUT2D eigenvalue weighted by Gasteiger charge is -2.33. The van der Waals surface area contributed by atoms with Crippen LogP contribution in [0.2, 0.25) is 0 Å². The van der Waals surface area contributed by atoms with E-state index in [9.17, 15) is 0 Å². The number of rotatable bonds is 6. The number of guanidine groups is 1. The largest absolute Gasteiger partial charge is 0.356 e. The lowest BCUT2D eigenvalue weighted by Crippen LogP contribution is -2.41. The maximum Gasteiger partial charge on any atom is 0.191 e. The Morgan fingerprint density at radius 3 is 2.87 bits per heavy atom. The molecule has 1 saturated heterocycles. The minimum Gasteiger partial charge on any atom is -0.356 e. The summed E-state index contributed by atoms with van der Waals surface area (Å²) in [6.45, 7) is 6.31. The highest BCUT2D eigenvalue weighted by Gasteiger charge is 2.17. The van der Waals surface area contributed by atoms with Gasteiger partial charge >= 0.3 is 0 Å². The Morgan fingerprint density at radius 1 is 1.39 bits per heavy atom. The Kier molecular flexibility index (Phi) is 9.46. The number of aryl methyl sites for hydroxylation is 1. The molecule has 1 aliphatic rings. The molecule has 2 N–H and O–H groups in total. The van der Waals surface area contributed by atoms with Crippen LogP contribution < -0.4 is 10.6 Å². The number of halogens is 1. The summed E-state index contributed by atoms with van der Waals surface area (Å²) >= 11 is 0. The molecular formula is C15H30IN7. The molecule has 0 amide bonds. The van der Waals surface area contributed by atoms with Gasteiger partial charge in [-0.15, -0.1) is 24.0 Å². The zero-order valence-corrected chi connectivity index (χ0v) is 16.8. The summed E-state index contributed by atoms with van der Waals surface area (Å²) < 4.78 is 1.76. The van der Waals surface area contributed by atoms with Gasteiger partial charge in [0, 0.05) is 33.2 Å². The van der Waals surface area contributed by atoms with Crippen LogP contribution in [0.1, 0.15) is 38.4 Å².